The van der Waals surface area contributed by atoms with E-state index in [0.717, 1.165) is 26.9 Å². The molecule has 0 saturated carbocycles. The fraction of sp³-hybridized carbons (Fsp3) is 0.263. The highest BCUT2D eigenvalue weighted by Crippen LogP contribution is 2.31. The average molecular weight is 401 g/mol. The second kappa shape index (κ2) is 6.88. The molecule has 2 aromatic heterocycles. The summed E-state index contributed by atoms with van der Waals surface area (Å²) in [6.07, 6.45) is 0. The molecule has 0 aliphatic carbocycles. The molecule has 3 aromatic rings. The number of aryl methyl sites for hydroxylation is 3. The molecular weight excluding hydrogens is 380 g/mol. The summed E-state index contributed by atoms with van der Waals surface area (Å²) in [4.78, 5) is 19.9. The van der Waals surface area contributed by atoms with E-state index in [2.05, 4.69) is 68.6 Å². The van der Waals surface area contributed by atoms with Gasteiger partial charge in [0.15, 0.2) is 0 Å². The van der Waals surface area contributed by atoms with Crippen molar-refractivity contribution in [3.8, 4) is 0 Å². The van der Waals surface area contributed by atoms with Gasteiger partial charge in [-0.15, -0.1) is 0 Å². The molecule has 3 rings (SSSR count). The maximum absolute atomic E-state index is 12.1. The summed E-state index contributed by atoms with van der Waals surface area (Å²) in [7, 11) is 1.61. The number of fused-ring (bicyclic) bond motifs is 1. The van der Waals surface area contributed by atoms with E-state index in [-0.39, 0.29) is 5.91 Å². The van der Waals surface area contributed by atoms with E-state index in [4.69, 9.17) is 0 Å². The molecule has 5 nitrogen and oxygen atoms in total. The number of aromatic nitrogens is 2. The van der Waals surface area contributed by atoms with Crippen molar-refractivity contribution in [1.82, 2.24) is 15.3 Å². The van der Waals surface area contributed by atoms with Crippen molar-refractivity contribution >= 4 is 38.6 Å². The Morgan fingerprint density at radius 2 is 1.92 bits per heavy atom. The number of nitrogens with zero attached hydrogens (tertiary/aromatic N) is 1. The lowest BCUT2D eigenvalue weighted by Gasteiger charge is -2.13. The van der Waals surface area contributed by atoms with E-state index in [1.165, 1.54) is 16.7 Å². The molecule has 0 spiro atoms. The number of hydrogen-bond donors (Lipinski definition) is 3. The summed E-state index contributed by atoms with van der Waals surface area (Å²) in [6, 6.07) is 8.07. The molecule has 0 aliphatic heterocycles. The second-order valence-electron chi connectivity index (χ2n) is 6.15. The van der Waals surface area contributed by atoms with Gasteiger partial charge in [0.2, 0.25) is 0 Å². The molecule has 1 amide bonds. The number of pyridine rings is 1. The van der Waals surface area contributed by atoms with Gasteiger partial charge >= 0.3 is 0 Å². The molecule has 3 N–H and O–H groups in total. The lowest BCUT2D eigenvalue weighted by molar-refractivity contribution is 0.0958. The molecule has 0 aliphatic rings. The molecule has 130 valence electrons. The Morgan fingerprint density at radius 1 is 1.24 bits per heavy atom. The van der Waals surface area contributed by atoms with Gasteiger partial charge in [0.1, 0.15) is 11.2 Å². The molecule has 0 fully saturated rings. The van der Waals surface area contributed by atoms with Crippen molar-refractivity contribution in [2.24, 2.45) is 0 Å². The molecule has 0 atom stereocenters. The van der Waals surface area contributed by atoms with Crippen LogP contribution in [-0.2, 0) is 6.54 Å². The standard InChI is InChI=1S/C19H21BrN4O/c1-10-6-5-7-11(2)13(10)9-22-14-8-15(19(25)21-4)24-18-16(20)12(3)23-17(14)18/h5-8,23H,9H2,1-4H3,(H,21,25)(H,22,24). The number of rotatable bonds is 4. The predicted molar refractivity (Wildman–Crippen MR) is 105 cm³/mol. The van der Waals surface area contributed by atoms with Gasteiger partial charge in [-0.1, -0.05) is 18.2 Å². The van der Waals surface area contributed by atoms with Crippen LogP contribution in [0.4, 0.5) is 5.69 Å². The van der Waals surface area contributed by atoms with Gasteiger partial charge in [-0.25, -0.2) is 4.98 Å². The zero-order chi connectivity index (χ0) is 18.1. The third-order valence-corrected chi connectivity index (χ3v) is 5.40. The zero-order valence-corrected chi connectivity index (χ0v) is 16.3. The van der Waals surface area contributed by atoms with Crippen LogP contribution in [0.15, 0.2) is 28.7 Å². The van der Waals surface area contributed by atoms with Crippen LogP contribution >= 0.6 is 15.9 Å². The maximum Gasteiger partial charge on any atom is 0.269 e. The van der Waals surface area contributed by atoms with Crippen LogP contribution in [0.2, 0.25) is 0 Å². The van der Waals surface area contributed by atoms with Crippen molar-refractivity contribution in [3.05, 3.63) is 56.8 Å². The number of benzene rings is 1. The van der Waals surface area contributed by atoms with Crippen molar-refractivity contribution in [2.45, 2.75) is 27.3 Å². The number of carbonyl (C=O) groups excluding carboxylic acids is 1. The second-order valence-corrected chi connectivity index (χ2v) is 6.94. The van der Waals surface area contributed by atoms with Gasteiger partial charge in [-0.3, -0.25) is 4.79 Å². The number of H-pyrrole nitrogens is 1. The molecule has 0 bridgehead atoms. The minimum absolute atomic E-state index is 0.206. The smallest absolute Gasteiger partial charge is 0.269 e. The van der Waals surface area contributed by atoms with Crippen LogP contribution in [0.1, 0.15) is 32.9 Å². The van der Waals surface area contributed by atoms with E-state index in [9.17, 15) is 4.79 Å². The van der Waals surface area contributed by atoms with Crippen LogP contribution in [0.5, 0.6) is 0 Å². The lowest BCUT2D eigenvalue weighted by atomic mass is 10.0. The summed E-state index contributed by atoms with van der Waals surface area (Å²) >= 11 is 3.56. The highest BCUT2D eigenvalue weighted by atomic mass is 79.9. The van der Waals surface area contributed by atoms with Crippen LogP contribution in [0.3, 0.4) is 0 Å². The molecule has 0 radical (unpaired) electrons. The van der Waals surface area contributed by atoms with Crippen LogP contribution < -0.4 is 10.6 Å². The Hall–Kier alpha value is -2.34. The van der Waals surface area contributed by atoms with Crippen LogP contribution in [0.25, 0.3) is 11.0 Å². The Kier molecular flexibility index (Phi) is 4.81. The average Bonchev–Trinajstić information content (AvgIpc) is 2.88. The van der Waals surface area contributed by atoms with Gasteiger partial charge in [0, 0.05) is 19.3 Å². The predicted octanol–water partition coefficient (Wildman–Crippen LogP) is 4.22. The molecular formula is C19H21BrN4O. The summed E-state index contributed by atoms with van der Waals surface area (Å²) in [5, 5.41) is 6.11. The normalized spacial score (nSPS) is 10.9. The number of halogens is 1. The zero-order valence-electron chi connectivity index (χ0n) is 14.7. The maximum atomic E-state index is 12.1. The van der Waals surface area contributed by atoms with Gasteiger partial charge in [-0.05, 0) is 59.5 Å². The van der Waals surface area contributed by atoms with Crippen molar-refractivity contribution in [1.29, 1.82) is 0 Å². The third-order valence-electron chi connectivity index (χ3n) is 4.43. The summed E-state index contributed by atoms with van der Waals surface area (Å²) < 4.78 is 0.878. The Balaban J connectivity index is 2.05. The van der Waals surface area contributed by atoms with Gasteiger partial charge in [0.05, 0.1) is 15.7 Å². The number of anilines is 1. The monoisotopic (exact) mass is 400 g/mol. The van der Waals surface area contributed by atoms with E-state index in [1.807, 2.05) is 6.92 Å². The summed E-state index contributed by atoms with van der Waals surface area (Å²) in [5.74, 6) is -0.206. The first-order chi connectivity index (χ1) is 11.9. The topological polar surface area (TPSA) is 69.8 Å². The van der Waals surface area contributed by atoms with E-state index in [0.29, 0.717) is 12.2 Å². The van der Waals surface area contributed by atoms with Gasteiger partial charge in [0.25, 0.3) is 5.91 Å². The quantitative estimate of drug-likeness (QED) is 0.613. The van der Waals surface area contributed by atoms with E-state index < -0.39 is 0 Å². The lowest BCUT2D eigenvalue weighted by Crippen LogP contribution is -2.19. The van der Waals surface area contributed by atoms with E-state index >= 15 is 0 Å². The number of aromatic amines is 1. The minimum atomic E-state index is -0.206. The number of carbonyl (C=O) groups is 1. The van der Waals surface area contributed by atoms with Crippen LogP contribution in [0, 0.1) is 20.8 Å². The first kappa shape index (κ1) is 17.5. The molecule has 0 unspecified atom stereocenters. The first-order valence-corrected chi connectivity index (χ1v) is 8.91. The number of hydrogen-bond acceptors (Lipinski definition) is 3. The fourth-order valence-corrected chi connectivity index (χ4v) is 3.33. The highest BCUT2D eigenvalue weighted by Gasteiger charge is 2.16. The summed E-state index contributed by atoms with van der Waals surface area (Å²) in [5.41, 5.74) is 7.62. The Labute approximate surface area is 155 Å². The minimum Gasteiger partial charge on any atom is -0.379 e. The highest BCUT2D eigenvalue weighted by molar-refractivity contribution is 9.10. The van der Waals surface area contributed by atoms with Gasteiger partial charge in [-0.2, -0.15) is 0 Å². The molecule has 6 heteroatoms. The molecule has 0 saturated heterocycles. The first-order valence-electron chi connectivity index (χ1n) is 8.12. The Bertz CT molecular complexity index is 941. The van der Waals surface area contributed by atoms with Gasteiger partial charge < -0.3 is 15.6 Å². The largest absolute Gasteiger partial charge is 0.379 e. The molecule has 1 aromatic carbocycles. The number of amides is 1. The van der Waals surface area contributed by atoms with Crippen molar-refractivity contribution in [3.63, 3.8) is 0 Å². The van der Waals surface area contributed by atoms with Crippen molar-refractivity contribution in [2.75, 3.05) is 12.4 Å². The van der Waals surface area contributed by atoms with E-state index in [1.54, 1.807) is 13.1 Å². The summed E-state index contributed by atoms with van der Waals surface area (Å²) in [6.45, 7) is 6.87. The molecule has 25 heavy (non-hydrogen) atoms. The Morgan fingerprint density at radius 3 is 2.56 bits per heavy atom. The SMILES string of the molecule is CNC(=O)c1cc(NCc2c(C)cccc2C)c2[nH]c(C)c(Br)c2n1. The third kappa shape index (κ3) is 3.26. The molecule has 2 heterocycles. The van der Waals surface area contributed by atoms with Crippen LogP contribution in [-0.4, -0.2) is 22.9 Å². The fourth-order valence-electron chi connectivity index (χ4n) is 2.95. The number of nitrogens with one attached hydrogen (secondary N) is 3. The van der Waals surface area contributed by atoms with Crippen molar-refractivity contribution < 1.29 is 4.79 Å².